The van der Waals surface area contributed by atoms with Crippen molar-refractivity contribution in [1.29, 1.82) is 5.26 Å². The van der Waals surface area contributed by atoms with E-state index >= 15 is 0 Å². The summed E-state index contributed by atoms with van der Waals surface area (Å²) in [4.78, 5) is 11.1. The Morgan fingerprint density at radius 2 is 2.06 bits per heavy atom. The molecule has 0 aliphatic heterocycles. The highest BCUT2D eigenvalue weighted by Crippen LogP contribution is 2.08. The zero-order valence-electron chi connectivity index (χ0n) is 10.3. The molecular weight excluding hydrogens is 246 g/mol. The fraction of sp³-hybridized carbons (Fsp3) is 0.778. The third kappa shape index (κ3) is 6.09. The molecule has 0 heterocycles. The van der Waals surface area contributed by atoms with Gasteiger partial charge < -0.3 is 4.74 Å². The molecule has 0 spiro atoms. The molecule has 0 saturated carbocycles. The molecule has 0 aliphatic rings. The number of ether oxygens (including phenoxy) is 1. The first-order valence-corrected chi connectivity index (χ1v) is 6.56. The molecule has 0 radical (unpaired) electrons. The van der Waals surface area contributed by atoms with Crippen LogP contribution >= 0.6 is 0 Å². The summed E-state index contributed by atoms with van der Waals surface area (Å²) < 4.78 is 31.3. The fourth-order valence-electron chi connectivity index (χ4n) is 0.844. The highest BCUT2D eigenvalue weighted by molar-refractivity contribution is 7.88. The van der Waals surface area contributed by atoms with Gasteiger partial charge in [0, 0.05) is 0 Å². The number of hydrogen-bond donors (Lipinski definition) is 2. The van der Waals surface area contributed by atoms with E-state index in [1.54, 1.807) is 25.5 Å². The van der Waals surface area contributed by atoms with Crippen LogP contribution in [0.3, 0.4) is 0 Å². The van der Waals surface area contributed by atoms with Crippen molar-refractivity contribution in [2.24, 2.45) is 0 Å². The molecule has 0 aromatic heterocycles. The summed E-state index contributed by atoms with van der Waals surface area (Å²) >= 11 is 0. The van der Waals surface area contributed by atoms with Crippen molar-refractivity contribution in [3.05, 3.63) is 0 Å². The van der Waals surface area contributed by atoms with E-state index in [0.717, 1.165) is 0 Å². The Morgan fingerprint density at radius 1 is 1.53 bits per heavy atom. The van der Waals surface area contributed by atoms with Crippen LogP contribution in [0, 0.1) is 11.3 Å². The summed E-state index contributed by atoms with van der Waals surface area (Å²) in [6.45, 7) is 6.24. The van der Waals surface area contributed by atoms with Crippen LogP contribution in [0.2, 0.25) is 0 Å². The zero-order valence-corrected chi connectivity index (χ0v) is 11.1. The number of hydrogen-bond acceptors (Lipinski definition) is 5. The van der Waals surface area contributed by atoms with Gasteiger partial charge in [-0.3, -0.25) is 0 Å². The summed E-state index contributed by atoms with van der Waals surface area (Å²) in [6, 6.07) is 1.82. The molecule has 0 saturated heterocycles. The zero-order chi connectivity index (χ0) is 13.7. The van der Waals surface area contributed by atoms with Gasteiger partial charge in [-0.15, -0.1) is 0 Å². The number of carbonyl (C=O) groups is 1. The Balaban J connectivity index is 4.62. The first-order chi connectivity index (χ1) is 7.64. The summed E-state index contributed by atoms with van der Waals surface area (Å²) in [7, 11) is -4.11. The third-order valence-electron chi connectivity index (χ3n) is 1.87. The van der Waals surface area contributed by atoms with Crippen LogP contribution in [-0.2, 0) is 14.9 Å². The molecule has 0 bridgehead atoms. The average molecular weight is 263 g/mol. The van der Waals surface area contributed by atoms with Crippen molar-refractivity contribution >= 4 is 16.3 Å². The second-order valence-electron chi connectivity index (χ2n) is 3.96. The minimum absolute atomic E-state index is 0.267. The molecule has 0 aromatic carbocycles. The van der Waals surface area contributed by atoms with Gasteiger partial charge in [-0.2, -0.15) is 18.4 Å². The highest BCUT2D eigenvalue weighted by Gasteiger charge is 2.29. The molecule has 0 aliphatic carbocycles. The Bertz CT molecular complexity index is 412. The average Bonchev–Trinajstić information content (AvgIpc) is 2.14. The molecule has 2 N–H and O–H groups in total. The van der Waals surface area contributed by atoms with Gasteiger partial charge in [-0.05, 0) is 27.2 Å². The quantitative estimate of drug-likeness (QED) is 0.757. The van der Waals surface area contributed by atoms with Gasteiger partial charge in [0.25, 0.3) is 0 Å². The molecule has 1 atom stereocenters. The molecule has 0 fully saturated rings. The molecule has 17 heavy (non-hydrogen) atoms. The van der Waals surface area contributed by atoms with Crippen molar-refractivity contribution in [2.45, 2.75) is 45.8 Å². The van der Waals surface area contributed by atoms with E-state index < -0.39 is 27.9 Å². The van der Waals surface area contributed by atoms with E-state index in [-0.39, 0.29) is 6.42 Å². The standard InChI is InChI=1S/C9H17N3O4S/c1-5-9(4,6-10)12-17(14,15)11-8(13)16-7(2)3/h7,12H,5H2,1-4H3,(H,11,13). The normalized spacial score (nSPS) is 14.8. The predicted molar refractivity (Wildman–Crippen MR) is 61.1 cm³/mol. The third-order valence-corrected chi connectivity index (χ3v) is 3.03. The van der Waals surface area contributed by atoms with Crippen LogP contribution < -0.4 is 9.44 Å². The maximum atomic E-state index is 11.5. The van der Waals surface area contributed by atoms with Crippen molar-refractivity contribution in [1.82, 2.24) is 9.44 Å². The van der Waals surface area contributed by atoms with Crippen LogP contribution in [-0.4, -0.2) is 26.2 Å². The van der Waals surface area contributed by atoms with E-state index in [9.17, 15) is 13.2 Å². The van der Waals surface area contributed by atoms with Crippen LogP contribution in [0.5, 0.6) is 0 Å². The Hall–Kier alpha value is -1.33. The Kier molecular flexibility index (Phi) is 5.38. The molecule has 8 heteroatoms. The molecule has 1 amide bonds. The van der Waals surface area contributed by atoms with Crippen LogP contribution in [0.15, 0.2) is 0 Å². The predicted octanol–water partition coefficient (Wildman–Crippen LogP) is 0.648. The van der Waals surface area contributed by atoms with Crippen LogP contribution in [0.25, 0.3) is 0 Å². The summed E-state index contributed by atoms with van der Waals surface area (Å²) in [6.07, 6.45) is -1.24. The van der Waals surface area contributed by atoms with Crippen molar-refractivity contribution < 1.29 is 17.9 Å². The minimum Gasteiger partial charge on any atom is -0.446 e. The number of amides is 1. The number of rotatable bonds is 5. The van der Waals surface area contributed by atoms with Gasteiger partial charge in [0.15, 0.2) is 0 Å². The van der Waals surface area contributed by atoms with E-state index in [4.69, 9.17) is 5.26 Å². The van der Waals surface area contributed by atoms with Gasteiger partial charge >= 0.3 is 16.3 Å². The van der Waals surface area contributed by atoms with Gasteiger partial charge in [0.2, 0.25) is 0 Å². The Morgan fingerprint density at radius 3 is 2.41 bits per heavy atom. The lowest BCUT2D eigenvalue weighted by atomic mass is 10.0. The second kappa shape index (κ2) is 5.84. The smallest absolute Gasteiger partial charge is 0.422 e. The number of nitrogens with zero attached hydrogens (tertiary/aromatic N) is 1. The maximum absolute atomic E-state index is 11.5. The van der Waals surface area contributed by atoms with Crippen LogP contribution in [0.4, 0.5) is 4.79 Å². The van der Waals surface area contributed by atoms with Crippen LogP contribution in [0.1, 0.15) is 34.1 Å². The van der Waals surface area contributed by atoms with Gasteiger partial charge in [0.05, 0.1) is 12.2 Å². The van der Waals surface area contributed by atoms with Gasteiger partial charge in [-0.25, -0.2) is 9.52 Å². The molecule has 1 unspecified atom stereocenters. The molecular formula is C9H17N3O4S. The molecule has 98 valence electrons. The number of nitriles is 1. The number of nitrogens with one attached hydrogen (secondary N) is 2. The summed E-state index contributed by atoms with van der Waals surface area (Å²) in [5, 5.41) is 8.81. The first kappa shape index (κ1) is 15.7. The van der Waals surface area contributed by atoms with E-state index in [2.05, 4.69) is 9.46 Å². The SMILES string of the molecule is CCC(C)(C#N)NS(=O)(=O)NC(=O)OC(C)C. The first-order valence-electron chi connectivity index (χ1n) is 5.07. The second-order valence-corrected chi connectivity index (χ2v) is 5.37. The maximum Gasteiger partial charge on any atom is 0.422 e. The fourth-order valence-corrected chi connectivity index (χ4v) is 1.95. The Labute approximate surface area is 101 Å². The lowest BCUT2D eigenvalue weighted by Gasteiger charge is -2.21. The highest BCUT2D eigenvalue weighted by atomic mass is 32.2. The van der Waals surface area contributed by atoms with Crippen molar-refractivity contribution in [3.8, 4) is 6.07 Å². The van der Waals surface area contributed by atoms with E-state index in [1.807, 2.05) is 6.07 Å². The lowest BCUT2D eigenvalue weighted by molar-refractivity contribution is 0.121. The van der Waals surface area contributed by atoms with E-state index in [0.29, 0.717) is 0 Å². The summed E-state index contributed by atoms with van der Waals surface area (Å²) in [5.41, 5.74) is -1.26. The molecule has 7 nitrogen and oxygen atoms in total. The van der Waals surface area contributed by atoms with Gasteiger partial charge in [-0.1, -0.05) is 6.92 Å². The largest absolute Gasteiger partial charge is 0.446 e. The summed E-state index contributed by atoms with van der Waals surface area (Å²) in [5.74, 6) is 0. The van der Waals surface area contributed by atoms with Crippen molar-refractivity contribution in [2.75, 3.05) is 0 Å². The van der Waals surface area contributed by atoms with E-state index in [1.165, 1.54) is 6.92 Å². The minimum atomic E-state index is -4.11. The topological polar surface area (TPSA) is 108 Å². The molecule has 0 aromatic rings. The van der Waals surface area contributed by atoms with Gasteiger partial charge in [0.1, 0.15) is 5.54 Å². The molecule has 0 rings (SSSR count). The monoisotopic (exact) mass is 263 g/mol. The lowest BCUT2D eigenvalue weighted by Crippen LogP contribution is -2.51. The number of carbonyl (C=O) groups excluding carboxylic acids is 1. The van der Waals surface area contributed by atoms with Crippen molar-refractivity contribution in [3.63, 3.8) is 0 Å².